The molecule has 1 saturated heterocycles. The van der Waals surface area contributed by atoms with Gasteiger partial charge in [-0.2, -0.15) is 0 Å². The lowest BCUT2D eigenvalue weighted by molar-refractivity contribution is 0.122. The van der Waals surface area contributed by atoms with E-state index in [-0.39, 0.29) is 12.1 Å². The van der Waals surface area contributed by atoms with Crippen LogP contribution in [0.3, 0.4) is 0 Å². The van der Waals surface area contributed by atoms with Gasteiger partial charge in [-0.25, -0.2) is 4.79 Å². The maximum Gasteiger partial charge on any atom is 0.322 e. The topological polar surface area (TPSA) is 44.8 Å². The van der Waals surface area contributed by atoms with Gasteiger partial charge in [-0.3, -0.25) is 0 Å². The number of ether oxygens (including phenoxy) is 1. The molecule has 5 nitrogen and oxygen atoms in total. The zero-order chi connectivity index (χ0) is 21.3. The van der Waals surface area contributed by atoms with E-state index in [4.69, 9.17) is 16.3 Å². The molecule has 2 amide bonds. The fourth-order valence-corrected chi connectivity index (χ4v) is 4.18. The standard InChI is InChI=1S/C24H32ClN3O2/c1-3-4-14-27-15-12-21(13-16-27)28(18-19-8-6-5-7-9-19)24(29)26-20-10-11-23(30-2)22(25)17-20/h5-11,17,21H,3-4,12-16,18H2,1-2H3,(H,26,29). The monoisotopic (exact) mass is 429 g/mol. The molecule has 0 aliphatic carbocycles. The van der Waals surface area contributed by atoms with Crippen molar-refractivity contribution in [3.05, 3.63) is 59.1 Å². The molecule has 0 bridgehead atoms. The summed E-state index contributed by atoms with van der Waals surface area (Å²) in [6.07, 6.45) is 4.44. The van der Waals surface area contributed by atoms with Crippen LogP contribution < -0.4 is 10.1 Å². The molecule has 0 aromatic heterocycles. The number of carbonyl (C=O) groups is 1. The fourth-order valence-electron chi connectivity index (χ4n) is 3.92. The second-order valence-corrected chi connectivity index (χ2v) is 8.23. The van der Waals surface area contributed by atoms with Gasteiger partial charge in [-0.15, -0.1) is 0 Å². The Balaban J connectivity index is 1.71. The molecule has 30 heavy (non-hydrogen) atoms. The van der Waals surface area contributed by atoms with Crippen molar-refractivity contribution < 1.29 is 9.53 Å². The molecule has 0 spiro atoms. The Morgan fingerprint density at radius 1 is 1.20 bits per heavy atom. The Kier molecular flexibility index (Phi) is 8.40. The maximum atomic E-state index is 13.3. The van der Waals surface area contributed by atoms with Crippen LogP contribution in [-0.2, 0) is 6.54 Å². The van der Waals surface area contributed by atoms with E-state index in [0.29, 0.717) is 23.0 Å². The summed E-state index contributed by atoms with van der Waals surface area (Å²) in [6.45, 7) is 6.05. The second-order valence-electron chi connectivity index (χ2n) is 7.82. The zero-order valence-electron chi connectivity index (χ0n) is 17.9. The van der Waals surface area contributed by atoms with Crippen LogP contribution in [0.5, 0.6) is 5.75 Å². The molecule has 2 aromatic rings. The Hall–Kier alpha value is -2.24. The summed E-state index contributed by atoms with van der Waals surface area (Å²) in [5, 5.41) is 3.51. The summed E-state index contributed by atoms with van der Waals surface area (Å²) in [6, 6.07) is 15.6. The highest BCUT2D eigenvalue weighted by Crippen LogP contribution is 2.28. The van der Waals surface area contributed by atoms with Crippen molar-refractivity contribution in [3.63, 3.8) is 0 Å². The lowest BCUT2D eigenvalue weighted by atomic mass is 10.0. The van der Waals surface area contributed by atoms with Gasteiger partial charge >= 0.3 is 6.03 Å². The predicted molar refractivity (Wildman–Crippen MR) is 123 cm³/mol. The molecular formula is C24H32ClN3O2. The van der Waals surface area contributed by atoms with Crippen LogP contribution in [0.1, 0.15) is 38.2 Å². The Bertz CT molecular complexity index is 807. The molecule has 0 saturated carbocycles. The zero-order valence-corrected chi connectivity index (χ0v) is 18.7. The third-order valence-electron chi connectivity index (χ3n) is 5.69. The third-order valence-corrected chi connectivity index (χ3v) is 5.98. The quantitative estimate of drug-likeness (QED) is 0.589. The number of rotatable bonds is 8. The van der Waals surface area contributed by atoms with E-state index in [1.54, 1.807) is 19.2 Å². The average Bonchev–Trinajstić information content (AvgIpc) is 2.77. The number of nitrogens with zero attached hydrogens (tertiary/aromatic N) is 2. The first-order chi connectivity index (χ1) is 14.6. The van der Waals surface area contributed by atoms with Crippen LogP contribution in [0.4, 0.5) is 10.5 Å². The molecule has 2 aromatic carbocycles. The number of likely N-dealkylation sites (tertiary alicyclic amines) is 1. The molecule has 1 N–H and O–H groups in total. The first kappa shape index (κ1) is 22.4. The van der Waals surface area contributed by atoms with E-state index in [9.17, 15) is 4.79 Å². The number of methoxy groups -OCH3 is 1. The summed E-state index contributed by atoms with van der Waals surface area (Å²) in [5.41, 5.74) is 1.80. The van der Waals surface area contributed by atoms with E-state index in [1.165, 1.54) is 12.8 Å². The van der Waals surface area contributed by atoms with Gasteiger partial charge in [0, 0.05) is 31.4 Å². The number of hydrogen-bond donors (Lipinski definition) is 1. The molecule has 1 aliphatic rings. The number of amides is 2. The highest BCUT2D eigenvalue weighted by molar-refractivity contribution is 6.32. The maximum absolute atomic E-state index is 13.3. The van der Waals surface area contributed by atoms with Gasteiger partial charge < -0.3 is 19.9 Å². The van der Waals surface area contributed by atoms with Crippen LogP contribution >= 0.6 is 11.6 Å². The van der Waals surface area contributed by atoms with Crippen molar-refractivity contribution in [3.8, 4) is 5.75 Å². The first-order valence-electron chi connectivity index (χ1n) is 10.8. The minimum Gasteiger partial charge on any atom is -0.495 e. The van der Waals surface area contributed by atoms with Gasteiger partial charge in [0.05, 0.1) is 12.1 Å². The van der Waals surface area contributed by atoms with Crippen LogP contribution in [0.15, 0.2) is 48.5 Å². The fraction of sp³-hybridized carbons (Fsp3) is 0.458. The number of piperidine rings is 1. The van der Waals surface area contributed by atoms with Crippen molar-refractivity contribution in [1.82, 2.24) is 9.80 Å². The van der Waals surface area contributed by atoms with Gasteiger partial charge in [0.1, 0.15) is 5.75 Å². The van der Waals surface area contributed by atoms with Crippen molar-refractivity contribution in [1.29, 1.82) is 0 Å². The SMILES string of the molecule is CCCCN1CCC(N(Cc2ccccc2)C(=O)Nc2ccc(OC)c(Cl)c2)CC1. The van der Waals surface area contributed by atoms with Gasteiger partial charge in [-0.1, -0.05) is 55.3 Å². The molecule has 0 unspecified atom stereocenters. The minimum atomic E-state index is -0.0907. The summed E-state index contributed by atoms with van der Waals surface area (Å²) in [5.74, 6) is 0.593. The van der Waals surface area contributed by atoms with Crippen molar-refractivity contribution >= 4 is 23.3 Å². The van der Waals surface area contributed by atoms with Gasteiger partial charge in [0.25, 0.3) is 0 Å². The van der Waals surface area contributed by atoms with Gasteiger partial charge in [0.2, 0.25) is 0 Å². The number of benzene rings is 2. The molecule has 0 radical (unpaired) electrons. The molecule has 1 aliphatic heterocycles. The van der Waals surface area contributed by atoms with E-state index in [0.717, 1.165) is 38.0 Å². The molecule has 6 heteroatoms. The van der Waals surface area contributed by atoms with Crippen molar-refractivity contribution in [2.45, 2.75) is 45.2 Å². The van der Waals surface area contributed by atoms with E-state index >= 15 is 0 Å². The van der Waals surface area contributed by atoms with Crippen LogP contribution in [0, 0.1) is 0 Å². The van der Waals surface area contributed by atoms with E-state index < -0.39 is 0 Å². The lowest BCUT2D eigenvalue weighted by Crippen LogP contribution is -2.48. The number of anilines is 1. The molecule has 1 heterocycles. The van der Waals surface area contributed by atoms with Gasteiger partial charge in [-0.05, 0) is 49.6 Å². The summed E-state index contributed by atoms with van der Waals surface area (Å²) >= 11 is 6.23. The third kappa shape index (κ3) is 6.13. The molecule has 3 rings (SSSR count). The van der Waals surface area contributed by atoms with Crippen LogP contribution in [0.25, 0.3) is 0 Å². The number of halogens is 1. The van der Waals surface area contributed by atoms with Gasteiger partial charge in [0.15, 0.2) is 0 Å². The number of carbonyl (C=O) groups excluding carboxylic acids is 1. The summed E-state index contributed by atoms with van der Waals surface area (Å²) in [4.78, 5) is 17.8. The number of hydrogen-bond acceptors (Lipinski definition) is 3. The smallest absolute Gasteiger partial charge is 0.322 e. The summed E-state index contributed by atoms with van der Waals surface area (Å²) in [7, 11) is 1.58. The molecule has 0 atom stereocenters. The van der Waals surface area contributed by atoms with Crippen molar-refractivity contribution in [2.24, 2.45) is 0 Å². The Labute approximate surface area is 185 Å². The van der Waals surface area contributed by atoms with Crippen molar-refractivity contribution in [2.75, 3.05) is 32.1 Å². The molecular weight excluding hydrogens is 398 g/mol. The highest BCUT2D eigenvalue weighted by atomic mass is 35.5. The second kappa shape index (κ2) is 11.2. The molecule has 162 valence electrons. The summed E-state index contributed by atoms with van der Waals surface area (Å²) < 4.78 is 5.20. The lowest BCUT2D eigenvalue weighted by Gasteiger charge is -2.38. The minimum absolute atomic E-state index is 0.0907. The highest BCUT2D eigenvalue weighted by Gasteiger charge is 2.28. The largest absolute Gasteiger partial charge is 0.495 e. The number of unbranched alkanes of at least 4 members (excludes halogenated alkanes) is 1. The van der Waals surface area contributed by atoms with Crippen LogP contribution in [0.2, 0.25) is 5.02 Å². The predicted octanol–water partition coefficient (Wildman–Crippen LogP) is 5.65. The average molecular weight is 430 g/mol. The molecule has 1 fully saturated rings. The van der Waals surface area contributed by atoms with E-state index in [1.807, 2.05) is 29.2 Å². The van der Waals surface area contributed by atoms with E-state index in [2.05, 4.69) is 29.3 Å². The number of nitrogens with one attached hydrogen (secondary N) is 1. The van der Waals surface area contributed by atoms with Crippen LogP contribution in [-0.4, -0.2) is 48.6 Å². The number of urea groups is 1. The Morgan fingerprint density at radius 2 is 1.93 bits per heavy atom. The normalized spacial score (nSPS) is 15.0. The Morgan fingerprint density at radius 3 is 2.57 bits per heavy atom. The first-order valence-corrected chi connectivity index (χ1v) is 11.2.